The molecule has 0 spiro atoms. The predicted molar refractivity (Wildman–Crippen MR) is 89.2 cm³/mol. The minimum absolute atomic E-state index is 0.0476. The number of nitrogens with one attached hydrogen (secondary N) is 1. The van der Waals surface area contributed by atoms with Crippen molar-refractivity contribution in [1.29, 1.82) is 0 Å². The summed E-state index contributed by atoms with van der Waals surface area (Å²) < 4.78 is 39.6. The van der Waals surface area contributed by atoms with Crippen LogP contribution in [0.1, 0.15) is 5.56 Å². The summed E-state index contributed by atoms with van der Waals surface area (Å²) in [7, 11) is 0. The number of phenolic OH excluding ortho intramolecular Hbond substituents is 1. The van der Waals surface area contributed by atoms with Crippen molar-refractivity contribution in [3.8, 4) is 28.5 Å². The molecule has 4 aromatic rings. The second kappa shape index (κ2) is 5.83. The zero-order chi connectivity index (χ0) is 18.3. The third-order valence-corrected chi connectivity index (χ3v) is 4.00. The number of hydrogen-bond donors (Lipinski definition) is 2. The van der Waals surface area contributed by atoms with Crippen molar-refractivity contribution in [2.24, 2.45) is 0 Å². The van der Waals surface area contributed by atoms with Crippen molar-refractivity contribution in [1.82, 2.24) is 20.2 Å². The molecule has 0 aliphatic rings. The minimum atomic E-state index is -4.55. The molecule has 0 fully saturated rings. The number of fused-ring (bicyclic) bond motifs is 1. The maximum atomic E-state index is 13.2. The van der Waals surface area contributed by atoms with Gasteiger partial charge in [-0.1, -0.05) is 30.3 Å². The van der Waals surface area contributed by atoms with Crippen LogP contribution in [0.15, 0.2) is 54.9 Å². The van der Waals surface area contributed by atoms with Crippen molar-refractivity contribution in [2.75, 3.05) is 0 Å². The van der Waals surface area contributed by atoms with E-state index in [1.54, 1.807) is 18.2 Å². The molecule has 0 aliphatic heterocycles. The van der Waals surface area contributed by atoms with E-state index in [9.17, 15) is 18.3 Å². The van der Waals surface area contributed by atoms with E-state index in [-0.39, 0.29) is 23.0 Å². The molecule has 0 unspecified atom stereocenters. The van der Waals surface area contributed by atoms with Crippen molar-refractivity contribution in [3.63, 3.8) is 0 Å². The molecule has 26 heavy (non-hydrogen) atoms. The fraction of sp³-hybridized carbons (Fsp3) is 0.0556. The molecule has 130 valence electrons. The standard InChI is InChI=1S/C18H11F3N4O/c19-18(20,21)13-7-8-22-9-12(13)16-23-17(25-24-16)15-11-4-2-1-3-10(11)5-6-14(15)26/h1-9,26H,(H,23,24,25). The summed E-state index contributed by atoms with van der Waals surface area (Å²) in [6.07, 6.45) is -2.42. The highest BCUT2D eigenvalue weighted by Gasteiger charge is 2.34. The Labute approximate surface area is 145 Å². The van der Waals surface area contributed by atoms with E-state index in [4.69, 9.17) is 0 Å². The van der Waals surface area contributed by atoms with Crippen LogP contribution in [-0.2, 0) is 6.18 Å². The van der Waals surface area contributed by atoms with Crippen molar-refractivity contribution >= 4 is 10.8 Å². The largest absolute Gasteiger partial charge is 0.507 e. The van der Waals surface area contributed by atoms with Gasteiger partial charge in [0.05, 0.1) is 16.7 Å². The monoisotopic (exact) mass is 356 g/mol. The Morgan fingerprint density at radius 2 is 1.81 bits per heavy atom. The highest BCUT2D eigenvalue weighted by Crippen LogP contribution is 2.38. The molecule has 4 rings (SSSR count). The van der Waals surface area contributed by atoms with E-state index < -0.39 is 11.7 Å². The fourth-order valence-corrected chi connectivity index (χ4v) is 2.82. The van der Waals surface area contributed by atoms with Gasteiger partial charge in [0.15, 0.2) is 11.6 Å². The van der Waals surface area contributed by atoms with Crippen LogP contribution in [0.25, 0.3) is 33.5 Å². The number of rotatable bonds is 2. The lowest BCUT2D eigenvalue weighted by molar-refractivity contribution is -0.137. The lowest BCUT2D eigenvalue weighted by atomic mass is 10.0. The van der Waals surface area contributed by atoms with E-state index in [1.807, 2.05) is 12.1 Å². The Kier molecular flexibility index (Phi) is 3.61. The Bertz CT molecular complexity index is 1100. The van der Waals surface area contributed by atoms with Crippen LogP contribution in [0.5, 0.6) is 5.75 Å². The number of aromatic nitrogens is 4. The van der Waals surface area contributed by atoms with Gasteiger partial charge >= 0.3 is 6.18 Å². The first-order valence-corrected chi connectivity index (χ1v) is 7.60. The minimum Gasteiger partial charge on any atom is -0.507 e. The lowest BCUT2D eigenvalue weighted by Gasteiger charge is -2.09. The van der Waals surface area contributed by atoms with Gasteiger partial charge in [0.25, 0.3) is 0 Å². The summed E-state index contributed by atoms with van der Waals surface area (Å²) >= 11 is 0. The number of phenols is 1. The Morgan fingerprint density at radius 3 is 2.62 bits per heavy atom. The van der Waals surface area contributed by atoms with Gasteiger partial charge in [-0.3, -0.25) is 10.1 Å². The maximum absolute atomic E-state index is 13.2. The zero-order valence-electron chi connectivity index (χ0n) is 13.1. The molecule has 8 heteroatoms. The van der Waals surface area contributed by atoms with Crippen LogP contribution >= 0.6 is 0 Å². The third-order valence-electron chi connectivity index (χ3n) is 4.00. The molecule has 0 atom stereocenters. The summed E-state index contributed by atoms with van der Waals surface area (Å²) in [4.78, 5) is 7.91. The second-order valence-corrected chi connectivity index (χ2v) is 5.61. The molecule has 0 saturated carbocycles. The Morgan fingerprint density at radius 1 is 1.00 bits per heavy atom. The zero-order valence-corrected chi connectivity index (χ0v) is 13.1. The number of hydrogen-bond acceptors (Lipinski definition) is 4. The van der Waals surface area contributed by atoms with Crippen molar-refractivity contribution in [2.45, 2.75) is 6.18 Å². The van der Waals surface area contributed by atoms with Gasteiger partial charge in [0, 0.05) is 12.4 Å². The Balaban J connectivity index is 1.88. The molecular formula is C18H11F3N4O. The highest BCUT2D eigenvalue weighted by atomic mass is 19.4. The van der Waals surface area contributed by atoms with Gasteiger partial charge < -0.3 is 5.11 Å². The van der Waals surface area contributed by atoms with E-state index in [0.717, 1.165) is 23.8 Å². The number of benzene rings is 2. The molecule has 0 amide bonds. The number of nitrogens with zero attached hydrogens (tertiary/aromatic N) is 3. The molecular weight excluding hydrogens is 345 g/mol. The molecule has 2 heterocycles. The molecule has 0 radical (unpaired) electrons. The molecule has 0 saturated heterocycles. The number of aromatic hydroxyl groups is 1. The van der Waals surface area contributed by atoms with Crippen LogP contribution in [0.4, 0.5) is 13.2 Å². The number of alkyl halides is 3. The maximum Gasteiger partial charge on any atom is 0.417 e. The summed E-state index contributed by atoms with van der Waals surface area (Å²) in [6, 6.07) is 11.4. The summed E-state index contributed by atoms with van der Waals surface area (Å²) in [5.41, 5.74) is -0.735. The van der Waals surface area contributed by atoms with Crippen LogP contribution in [0.2, 0.25) is 0 Å². The van der Waals surface area contributed by atoms with E-state index >= 15 is 0 Å². The SMILES string of the molecule is Oc1ccc2ccccc2c1-c1nc(-c2cnccc2C(F)(F)F)n[nH]1. The van der Waals surface area contributed by atoms with Gasteiger partial charge in [0.2, 0.25) is 0 Å². The topological polar surface area (TPSA) is 74.7 Å². The lowest BCUT2D eigenvalue weighted by Crippen LogP contribution is -2.07. The number of halogens is 3. The van der Waals surface area contributed by atoms with Gasteiger partial charge in [-0.05, 0) is 22.9 Å². The Hall–Kier alpha value is -3.42. The quantitative estimate of drug-likeness (QED) is 0.558. The smallest absolute Gasteiger partial charge is 0.417 e. The second-order valence-electron chi connectivity index (χ2n) is 5.61. The molecule has 2 aromatic carbocycles. The van der Waals surface area contributed by atoms with Gasteiger partial charge in [-0.25, -0.2) is 4.98 Å². The number of H-pyrrole nitrogens is 1. The first-order valence-electron chi connectivity index (χ1n) is 7.60. The van der Waals surface area contributed by atoms with E-state index in [2.05, 4.69) is 20.2 Å². The first kappa shape index (κ1) is 16.1. The summed E-state index contributed by atoms with van der Waals surface area (Å²) in [5.74, 6) is -0.0207. The number of aromatic amines is 1. The van der Waals surface area contributed by atoms with Gasteiger partial charge in [-0.15, -0.1) is 0 Å². The first-order chi connectivity index (χ1) is 12.4. The normalized spacial score (nSPS) is 11.8. The molecule has 0 bridgehead atoms. The summed E-state index contributed by atoms with van der Waals surface area (Å²) in [5, 5.41) is 18.3. The van der Waals surface area contributed by atoms with Crippen LogP contribution in [0, 0.1) is 0 Å². The molecule has 5 nitrogen and oxygen atoms in total. The predicted octanol–water partition coefficient (Wildman–Crippen LogP) is 4.41. The molecule has 0 aliphatic carbocycles. The van der Waals surface area contributed by atoms with Gasteiger partial charge in [0.1, 0.15) is 5.75 Å². The average Bonchev–Trinajstić information content (AvgIpc) is 3.10. The average molecular weight is 356 g/mol. The van der Waals surface area contributed by atoms with Crippen molar-refractivity contribution in [3.05, 3.63) is 60.4 Å². The van der Waals surface area contributed by atoms with Gasteiger partial charge in [-0.2, -0.15) is 18.3 Å². The fourth-order valence-electron chi connectivity index (χ4n) is 2.82. The number of pyridine rings is 1. The van der Waals surface area contributed by atoms with E-state index in [0.29, 0.717) is 10.9 Å². The van der Waals surface area contributed by atoms with Crippen LogP contribution in [0.3, 0.4) is 0 Å². The summed E-state index contributed by atoms with van der Waals surface area (Å²) in [6.45, 7) is 0. The highest BCUT2D eigenvalue weighted by molar-refractivity contribution is 5.98. The molecule has 2 N–H and O–H groups in total. The van der Waals surface area contributed by atoms with Crippen LogP contribution in [-0.4, -0.2) is 25.3 Å². The molecule has 2 aromatic heterocycles. The van der Waals surface area contributed by atoms with Crippen molar-refractivity contribution < 1.29 is 18.3 Å². The van der Waals surface area contributed by atoms with E-state index in [1.165, 1.54) is 6.07 Å². The van der Waals surface area contributed by atoms with Crippen LogP contribution < -0.4 is 0 Å². The third kappa shape index (κ3) is 2.65.